The van der Waals surface area contributed by atoms with Gasteiger partial charge in [0.25, 0.3) is 11.6 Å². The molecule has 0 saturated heterocycles. The zero-order chi connectivity index (χ0) is 23.8. The van der Waals surface area contributed by atoms with Crippen LogP contribution in [0.3, 0.4) is 0 Å². The average molecular weight is 514 g/mol. The molecule has 170 valence electrons. The highest BCUT2D eigenvalue weighted by atomic mass is 79.9. The summed E-state index contributed by atoms with van der Waals surface area (Å²) in [5, 5.41) is 14.8. The summed E-state index contributed by atoms with van der Waals surface area (Å²) < 4.78 is 17.0. The number of carbonyl (C=O) groups is 1. The van der Waals surface area contributed by atoms with Gasteiger partial charge < -0.3 is 14.2 Å². The van der Waals surface area contributed by atoms with Crippen molar-refractivity contribution in [1.29, 1.82) is 0 Å². The van der Waals surface area contributed by atoms with E-state index in [0.29, 0.717) is 32.8 Å². The van der Waals surface area contributed by atoms with Gasteiger partial charge in [-0.15, -0.1) is 0 Å². The van der Waals surface area contributed by atoms with Gasteiger partial charge in [0.1, 0.15) is 12.4 Å². The van der Waals surface area contributed by atoms with Crippen molar-refractivity contribution in [3.8, 4) is 17.2 Å². The lowest BCUT2D eigenvalue weighted by Crippen LogP contribution is -2.17. The largest absolute Gasteiger partial charge is 0.497 e. The van der Waals surface area contributed by atoms with Crippen LogP contribution in [0.1, 0.15) is 21.5 Å². The number of hydrogen-bond acceptors (Lipinski definition) is 7. The topological polar surface area (TPSA) is 112 Å². The maximum Gasteiger partial charge on any atom is 0.271 e. The van der Waals surface area contributed by atoms with Gasteiger partial charge >= 0.3 is 0 Å². The number of hydrazone groups is 1. The molecule has 0 saturated carbocycles. The van der Waals surface area contributed by atoms with Gasteiger partial charge in [0.2, 0.25) is 0 Å². The van der Waals surface area contributed by atoms with Gasteiger partial charge in [-0.1, -0.05) is 0 Å². The SMILES string of the molecule is COc1ccc(C(=O)N/N=C\c2cc(Br)c(OCc3ccc([N+](=O)[O-])cc3)c(OC)c2)cc1. The van der Waals surface area contributed by atoms with Crippen molar-refractivity contribution in [2.24, 2.45) is 5.10 Å². The van der Waals surface area contributed by atoms with E-state index in [4.69, 9.17) is 14.2 Å². The first-order valence-corrected chi connectivity index (χ1v) is 10.4. The van der Waals surface area contributed by atoms with Crippen molar-refractivity contribution >= 4 is 33.7 Å². The van der Waals surface area contributed by atoms with Crippen LogP contribution < -0.4 is 19.6 Å². The van der Waals surface area contributed by atoms with Gasteiger partial charge in [0.05, 0.1) is 29.8 Å². The number of nitro benzene ring substituents is 1. The van der Waals surface area contributed by atoms with Crippen molar-refractivity contribution in [2.75, 3.05) is 14.2 Å². The lowest BCUT2D eigenvalue weighted by Gasteiger charge is -2.13. The van der Waals surface area contributed by atoms with Crippen LogP contribution in [0.2, 0.25) is 0 Å². The Morgan fingerprint density at radius 1 is 1.09 bits per heavy atom. The molecular formula is C23H20BrN3O6. The Hall–Kier alpha value is -3.92. The first-order chi connectivity index (χ1) is 15.9. The minimum Gasteiger partial charge on any atom is -0.497 e. The Morgan fingerprint density at radius 3 is 2.39 bits per heavy atom. The second kappa shape index (κ2) is 11.1. The number of benzene rings is 3. The number of nitrogens with zero attached hydrogens (tertiary/aromatic N) is 2. The zero-order valence-corrected chi connectivity index (χ0v) is 19.4. The highest BCUT2D eigenvalue weighted by Gasteiger charge is 2.12. The maximum atomic E-state index is 12.2. The summed E-state index contributed by atoms with van der Waals surface area (Å²) in [6, 6.07) is 16.2. The molecule has 0 spiro atoms. The summed E-state index contributed by atoms with van der Waals surface area (Å²) in [5.74, 6) is 1.22. The van der Waals surface area contributed by atoms with Crippen molar-refractivity contribution in [2.45, 2.75) is 6.61 Å². The first kappa shape index (κ1) is 23.7. The van der Waals surface area contributed by atoms with Crippen LogP contribution in [-0.4, -0.2) is 31.3 Å². The Morgan fingerprint density at radius 2 is 1.79 bits per heavy atom. The molecule has 0 aliphatic carbocycles. The standard InChI is InChI=1S/C23H20BrN3O6/c1-31-19-9-5-17(6-10-19)23(28)26-25-13-16-11-20(24)22(21(12-16)32-2)33-14-15-3-7-18(8-4-15)27(29)30/h3-13H,14H2,1-2H3,(H,26,28)/b25-13-. The molecule has 0 aliphatic heterocycles. The number of carbonyl (C=O) groups excluding carboxylic acids is 1. The van der Waals surface area contributed by atoms with E-state index in [1.165, 1.54) is 25.5 Å². The number of methoxy groups -OCH3 is 2. The fraction of sp³-hybridized carbons (Fsp3) is 0.130. The summed E-state index contributed by atoms with van der Waals surface area (Å²) in [6.45, 7) is 0.193. The predicted octanol–water partition coefficient (Wildman–Crippen LogP) is 4.72. The molecule has 3 aromatic rings. The van der Waals surface area contributed by atoms with Crippen molar-refractivity contribution < 1.29 is 23.9 Å². The van der Waals surface area contributed by atoms with Crippen LogP contribution in [0.5, 0.6) is 17.2 Å². The lowest BCUT2D eigenvalue weighted by atomic mass is 10.2. The van der Waals surface area contributed by atoms with E-state index in [2.05, 4.69) is 26.5 Å². The van der Waals surface area contributed by atoms with Crippen molar-refractivity contribution in [3.05, 3.63) is 91.9 Å². The van der Waals surface area contributed by atoms with Gasteiger partial charge in [-0.05, 0) is 75.6 Å². The average Bonchev–Trinajstić information content (AvgIpc) is 2.83. The Labute approximate surface area is 198 Å². The third-order valence-corrected chi connectivity index (χ3v) is 5.10. The highest BCUT2D eigenvalue weighted by Crippen LogP contribution is 2.37. The fourth-order valence-electron chi connectivity index (χ4n) is 2.80. The van der Waals surface area contributed by atoms with Gasteiger partial charge in [-0.25, -0.2) is 5.43 Å². The lowest BCUT2D eigenvalue weighted by molar-refractivity contribution is -0.384. The summed E-state index contributed by atoms with van der Waals surface area (Å²) in [5.41, 5.74) is 4.36. The van der Waals surface area contributed by atoms with Crippen molar-refractivity contribution in [3.63, 3.8) is 0 Å². The van der Waals surface area contributed by atoms with E-state index in [9.17, 15) is 14.9 Å². The fourth-order valence-corrected chi connectivity index (χ4v) is 3.37. The molecule has 0 heterocycles. The van der Waals surface area contributed by atoms with Crippen LogP contribution >= 0.6 is 15.9 Å². The Bertz CT molecular complexity index is 1160. The van der Waals surface area contributed by atoms with Crippen LogP contribution in [-0.2, 0) is 6.61 Å². The van der Waals surface area contributed by atoms with Crippen LogP contribution in [0.15, 0.2) is 70.2 Å². The molecule has 0 radical (unpaired) electrons. The van der Waals surface area contributed by atoms with E-state index in [1.807, 2.05) is 0 Å². The third-order valence-electron chi connectivity index (χ3n) is 4.51. The van der Waals surface area contributed by atoms with E-state index < -0.39 is 4.92 Å². The number of halogens is 1. The van der Waals surface area contributed by atoms with Gasteiger partial charge in [-0.3, -0.25) is 14.9 Å². The minimum absolute atomic E-state index is 0.0141. The quantitative estimate of drug-likeness (QED) is 0.251. The third kappa shape index (κ3) is 6.30. The van der Waals surface area contributed by atoms with E-state index in [0.717, 1.165) is 5.56 Å². The number of amides is 1. The Kier molecular flexibility index (Phi) is 7.98. The summed E-state index contributed by atoms with van der Waals surface area (Å²) in [6.07, 6.45) is 1.48. The number of non-ortho nitro benzene ring substituents is 1. The summed E-state index contributed by atoms with van der Waals surface area (Å²) >= 11 is 3.46. The van der Waals surface area contributed by atoms with Gasteiger partial charge in [0, 0.05) is 17.7 Å². The van der Waals surface area contributed by atoms with Crippen LogP contribution in [0.25, 0.3) is 0 Å². The van der Waals surface area contributed by atoms with Gasteiger partial charge in [-0.2, -0.15) is 5.10 Å². The second-order valence-corrected chi connectivity index (χ2v) is 7.53. The summed E-state index contributed by atoms with van der Waals surface area (Å²) in [7, 11) is 3.06. The molecule has 1 N–H and O–H groups in total. The van der Waals surface area contributed by atoms with Crippen LogP contribution in [0, 0.1) is 10.1 Å². The monoisotopic (exact) mass is 513 g/mol. The molecule has 0 aromatic heterocycles. The normalized spacial score (nSPS) is 10.6. The molecule has 0 atom stereocenters. The predicted molar refractivity (Wildman–Crippen MR) is 126 cm³/mol. The summed E-state index contributed by atoms with van der Waals surface area (Å²) in [4.78, 5) is 22.5. The first-order valence-electron chi connectivity index (χ1n) is 9.62. The second-order valence-electron chi connectivity index (χ2n) is 6.67. The molecule has 10 heteroatoms. The smallest absolute Gasteiger partial charge is 0.271 e. The zero-order valence-electron chi connectivity index (χ0n) is 17.8. The molecule has 0 aliphatic rings. The molecule has 33 heavy (non-hydrogen) atoms. The van der Waals surface area contributed by atoms with Crippen molar-refractivity contribution in [1.82, 2.24) is 5.43 Å². The number of nitro groups is 1. The maximum absolute atomic E-state index is 12.2. The highest BCUT2D eigenvalue weighted by molar-refractivity contribution is 9.10. The molecular weight excluding hydrogens is 494 g/mol. The molecule has 9 nitrogen and oxygen atoms in total. The van der Waals surface area contributed by atoms with E-state index >= 15 is 0 Å². The number of nitrogens with one attached hydrogen (secondary N) is 1. The molecule has 3 rings (SSSR count). The van der Waals surface area contributed by atoms with E-state index in [-0.39, 0.29) is 18.2 Å². The minimum atomic E-state index is -0.454. The van der Waals surface area contributed by atoms with Crippen LogP contribution in [0.4, 0.5) is 5.69 Å². The number of hydrogen-bond donors (Lipinski definition) is 1. The molecule has 0 bridgehead atoms. The molecule has 0 fully saturated rings. The van der Waals surface area contributed by atoms with E-state index in [1.54, 1.807) is 55.6 Å². The molecule has 0 unspecified atom stereocenters. The number of ether oxygens (including phenoxy) is 3. The number of rotatable bonds is 9. The van der Waals surface area contributed by atoms with Gasteiger partial charge in [0.15, 0.2) is 11.5 Å². The Balaban J connectivity index is 1.66. The molecule has 3 aromatic carbocycles. The molecule has 1 amide bonds.